The third kappa shape index (κ3) is 1.46. The van der Waals surface area contributed by atoms with Gasteiger partial charge in [-0.2, -0.15) is 0 Å². The number of hydrogen-bond donors (Lipinski definition) is 1. The summed E-state index contributed by atoms with van der Waals surface area (Å²) in [6.45, 7) is 1.82. The van der Waals surface area contributed by atoms with Gasteiger partial charge in [-0.3, -0.25) is 0 Å². The molecule has 0 aromatic carbocycles. The number of aromatic nitrogens is 1. The lowest BCUT2D eigenvalue weighted by atomic mass is 9.90. The van der Waals surface area contributed by atoms with Crippen LogP contribution >= 0.6 is 11.3 Å². The molecule has 2 aliphatic heterocycles. The van der Waals surface area contributed by atoms with Gasteiger partial charge in [0.1, 0.15) is 0 Å². The van der Waals surface area contributed by atoms with Crippen molar-refractivity contribution in [2.24, 2.45) is 0 Å². The van der Waals surface area contributed by atoms with Crippen molar-refractivity contribution in [2.45, 2.75) is 44.3 Å². The minimum absolute atomic E-state index is 0.211. The summed E-state index contributed by atoms with van der Waals surface area (Å²) in [7, 11) is 0. The van der Waals surface area contributed by atoms with Crippen LogP contribution in [0.2, 0.25) is 0 Å². The minimum Gasteiger partial charge on any atom is -0.476 e. The number of carboxylic acid groups (broad SMARTS) is 1. The Morgan fingerprint density at radius 1 is 1.56 bits per heavy atom. The van der Waals surface area contributed by atoms with E-state index in [9.17, 15) is 4.79 Å². The zero-order chi connectivity index (χ0) is 11.3. The molecule has 2 aliphatic rings. The molecule has 4 nitrogen and oxygen atoms in total. The maximum absolute atomic E-state index is 10.9. The normalized spacial score (nSPS) is 32.2. The van der Waals surface area contributed by atoms with Gasteiger partial charge in [0.2, 0.25) is 0 Å². The van der Waals surface area contributed by atoms with E-state index in [0.29, 0.717) is 12.0 Å². The summed E-state index contributed by atoms with van der Waals surface area (Å²) >= 11 is 1.51. The number of fused-ring (bicyclic) bond motifs is 2. The molecule has 3 rings (SSSR count). The van der Waals surface area contributed by atoms with Gasteiger partial charge in [-0.05, 0) is 26.2 Å². The monoisotopic (exact) mass is 239 g/mol. The van der Waals surface area contributed by atoms with E-state index in [1.165, 1.54) is 11.3 Å². The largest absolute Gasteiger partial charge is 0.476 e. The number of aryl methyl sites for hydroxylation is 1. The average molecular weight is 239 g/mol. The number of rotatable bonds is 2. The predicted molar refractivity (Wildman–Crippen MR) is 59.1 cm³/mol. The molecule has 3 unspecified atom stereocenters. The Kier molecular flexibility index (Phi) is 2.26. The van der Waals surface area contributed by atoms with E-state index in [0.717, 1.165) is 29.1 Å². The first-order valence-electron chi connectivity index (χ1n) is 5.51. The molecule has 16 heavy (non-hydrogen) atoms. The van der Waals surface area contributed by atoms with Crippen LogP contribution in [0, 0.1) is 6.92 Å². The van der Waals surface area contributed by atoms with Crippen molar-refractivity contribution in [3.05, 3.63) is 15.6 Å². The van der Waals surface area contributed by atoms with E-state index in [-0.39, 0.29) is 11.8 Å². The van der Waals surface area contributed by atoms with Crippen LogP contribution in [-0.2, 0) is 4.74 Å². The van der Waals surface area contributed by atoms with E-state index in [1.807, 2.05) is 6.92 Å². The fourth-order valence-corrected chi connectivity index (χ4v) is 3.75. The maximum atomic E-state index is 10.9. The molecular formula is C11H13NO3S. The van der Waals surface area contributed by atoms with E-state index in [1.54, 1.807) is 0 Å². The first-order chi connectivity index (χ1) is 7.65. The Labute approximate surface area is 97.3 Å². The molecule has 0 saturated carbocycles. The zero-order valence-corrected chi connectivity index (χ0v) is 9.79. The van der Waals surface area contributed by atoms with Gasteiger partial charge < -0.3 is 9.84 Å². The second-order valence-electron chi connectivity index (χ2n) is 4.48. The number of aromatic carboxylic acids is 1. The second-order valence-corrected chi connectivity index (χ2v) is 5.71. The number of ether oxygens (including phenoxy) is 1. The molecule has 1 aromatic rings. The van der Waals surface area contributed by atoms with Crippen LogP contribution in [-0.4, -0.2) is 28.3 Å². The minimum atomic E-state index is -0.927. The highest BCUT2D eigenvalue weighted by atomic mass is 32.1. The van der Waals surface area contributed by atoms with Crippen molar-refractivity contribution in [1.82, 2.24) is 4.98 Å². The Morgan fingerprint density at radius 3 is 2.88 bits per heavy atom. The van der Waals surface area contributed by atoms with E-state index in [2.05, 4.69) is 4.98 Å². The van der Waals surface area contributed by atoms with Crippen molar-refractivity contribution in [3.8, 4) is 0 Å². The molecule has 0 radical (unpaired) electrons. The summed E-state index contributed by atoms with van der Waals surface area (Å²) in [6.07, 6.45) is 3.91. The second kappa shape index (κ2) is 3.53. The molecule has 2 saturated heterocycles. The lowest BCUT2D eigenvalue weighted by Gasteiger charge is -2.15. The zero-order valence-electron chi connectivity index (χ0n) is 8.97. The highest BCUT2D eigenvalue weighted by Gasteiger charge is 2.43. The average Bonchev–Trinajstić information content (AvgIpc) is 2.89. The Balaban J connectivity index is 1.90. The van der Waals surface area contributed by atoms with Crippen molar-refractivity contribution in [1.29, 1.82) is 0 Å². The van der Waals surface area contributed by atoms with Gasteiger partial charge in [0.05, 0.1) is 17.2 Å². The summed E-state index contributed by atoms with van der Waals surface area (Å²) in [5.74, 6) is -0.598. The van der Waals surface area contributed by atoms with Gasteiger partial charge in [-0.15, -0.1) is 11.3 Å². The first kappa shape index (κ1) is 10.2. The van der Waals surface area contributed by atoms with Crippen molar-refractivity contribution < 1.29 is 14.6 Å². The molecular weight excluding hydrogens is 226 g/mol. The van der Waals surface area contributed by atoms with E-state index >= 15 is 0 Å². The smallest absolute Gasteiger partial charge is 0.355 e. The van der Waals surface area contributed by atoms with Gasteiger partial charge in [0, 0.05) is 10.8 Å². The molecule has 2 fully saturated rings. The quantitative estimate of drug-likeness (QED) is 0.859. The predicted octanol–water partition coefficient (Wildman–Crippen LogP) is 2.18. The lowest BCUT2D eigenvalue weighted by Crippen LogP contribution is -2.14. The topological polar surface area (TPSA) is 59.4 Å². The molecule has 0 amide bonds. The summed E-state index contributed by atoms with van der Waals surface area (Å²) in [5.41, 5.74) is 0.211. The summed E-state index contributed by atoms with van der Waals surface area (Å²) in [5, 5.41) is 9.91. The highest BCUT2D eigenvalue weighted by molar-refractivity contribution is 7.12. The van der Waals surface area contributed by atoms with Crippen LogP contribution in [0.4, 0.5) is 0 Å². The van der Waals surface area contributed by atoms with Crippen LogP contribution in [0.3, 0.4) is 0 Å². The Bertz CT molecular complexity index is 442. The number of hydrogen-bond acceptors (Lipinski definition) is 4. The molecule has 5 heteroatoms. The molecule has 3 atom stereocenters. The van der Waals surface area contributed by atoms with E-state index in [4.69, 9.17) is 9.84 Å². The lowest BCUT2D eigenvalue weighted by molar-refractivity contribution is 0.0689. The van der Waals surface area contributed by atoms with Crippen LogP contribution in [0.15, 0.2) is 0 Å². The maximum Gasteiger partial charge on any atom is 0.355 e. The van der Waals surface area contributed by atoms with Gasteiger partial charge in [0.25, 0.3) is 0 Å². The van der Waals surface area contributed by atoms with Gasteiger partial charge >= 0.3 is 5.97 Å². The number of carboxylic acids is 1. The number of carbonyl (C=O) groups is 1. The van der Waals surface area contributed by atoms with Crippen LogP contribution < -0.4 is 0 Å². The Hall–Kier alpha value is -0.940. The molecule has 1 N–H and O–H groups in total. The standard InChI is InChI=1S/C11H13NO3S/c1-5-9(11(13)14)12-10(16-5)7-4-6-2-3-8(7)15-6/h6-8H,2-4H2,1H3,(H,13,14). The van der Waals surface area contributed by atoms with E-state index < -0.39 is 5.97 Å². The van der Waals surface area contributed by atoms with Gasteiger partial charge in [0.15, 0.2) is 5.69 Å². The number of thiazole rings is 1. The Morgan fingerprint density at radius 2 is 2.38 bits per heavy atom. The molecule has 1 aromatic heterocycles. The molecule has 0 aliphatic carbocycles. The van der Waals surface area contributed by atoms with Crippen molar-refractivity contribution >= 4 is 17.3 Å². The third-order valence-corrected chi connectivity index (χ3v) is 4.54. The first-order valence-corrected chi connectivity index (χ1v) is 6.33. The SMILES string of the molecule is Cc1sc(C2CC3CCC2O3)nc1C(=O)O. The van der Waals surface area contributed by atoms with Crippen LogP contribution in [0.1, 0.15) is 45.6 Å². The molecule has 3 heterocycles. The summed E-state index contributed by atoms with van der Waals surface area (Å²) < 4.78 is 5.77. The summed E-state index contributed by atoms with van der Waals surface area (Å²) in [6, 6.07) is 0. The van der Waals surface area contributed by atoms with Gasteiger partial charge in [-0.1, -0.05) is 0 Å². The van der Waals surface area contributed by atoms with Crippen LogP contribution in [0.5, 0.6) is 0 Å². The van der Waals surface area contributed by atoms with Crippen molar-refractivity contribution in [3.63, 3.8) is 0 Å². The highest BCUT2D eigenvalue weighted by Crippen LogP contribution is 2.45. The fraction of sp³-hybridized carbons (Fsp3) is 0.636. The van der Waals surface area contributed by atoms with Crippen LogP contribution in [0.25, 0.3) is 0 Å². The molecule has 2 bridgehead atoms. The summed E-state index contributed by atoms with van der Waals surface area (Å²) in [4.78, 5) is 16.0. The van der Waals surface area contributed by atoms with Gasteiger partial charge in [-0.25, -0.2) is 9.78 Å². The number of nitrogens with zero attached hydrogens (tertiary/aromatic N) is 1. The third-order valence-electron chi connectivity index (χ3n) is 3.44. The fourth-order valence-electron chi connectivity index (χ4n) is 2.67. The molecule has 86 valence electrons. The van der Waals surface area contributed by atoms with Crippen molar-refractivity contribution in [2.75, 3.05) is 0 Å². The molecule has 0 spiro atoms.